The van der Waals surface area contributed by atoms with Crippen LogP contribution >= 0.6 is 0 Å². The van der Waals surface area contributed by atoms with E-state index in [2.05, 4.69) is 25.8 Å². The van der Waals surface area contributed by atoms with Crippen LogP contribution in [0.5, 0.6) is 0 Å². The first kappa shape index (κ1) is 13.2. The topological polar surface area (TPSA) is 79.1 Å². The number of aromatic carboxylic acids is 1. The van der Waals surface area contributed by atoms with E-state index >= 15 is 0 Å². The molecule has 0 bridgehead atoms. The second-order valence-electron chi connectivity index (χ2n) is 5.64. The molecule has 0 unspecified atom stereocenters. The van der Waals surface area contributed by atoms with E-state index in [1.54, 1.807) is 6.07 Å². The van der Waals surface area contributed by atoms with Gasteiger partial charge in [0, 0.05) is 5.69 Å². The molecule has 4 heteroatoms. The highest BCUT2D eigenvalue weighted by Gasteiger charge is 2.15. The van der Waals surface area contributed by atoms with Crippen molar-refractivity contribution in [1.82, 2.24) is 4.98 Å². The third-order valence-electron chi connectivity index (χ3n) is 3.14. The number of nitrogens with two attached hydrogens (primary N) is 1. The molecule has 0 amide bonds. The molecule has 4 N–H and O–H groups in total. The predicted octanol–water partition coefficient (Wildman–Crippen LogP) is 3.26. The average Bonchev–Trinajstić information content (AvgIpc) is 2.70. The van der Waals surface area contributed by atoms with Gasteiger partial charge in [-0.25, -0.2) is 4.79 Å². The van der Waals surface area contributed by atoms with Crippen molar-refractivity contribution in [2.24, 2.45) is 0 Å². The largest absolute Gasteiger partial charge is 0.478 e. The van der Waals surface area contributed by atoms with Crippen molar-refractivity contribution < 1.29 is 9.90 Å². The number of aromatic nitrogens is 1. The average molecular weight is 258 g/mol. The Hall–Kier alpha value is -2.23. The number of rotatable bonds is 2. The molecule has 100 valence electrons. The Balaban J connectivity index is 2.38. The Morgan fingerprint density at radius 3 is 2.21 bits per heavy atom. The lowest BCUT2D eigenvalue weighted by Crippen LogP contribution is -2.10. The van der Waals surface area contributed by atoms with Gasteiger partial charge in [-0.2, -0.15) is 0 Å². The van der Waals surface area contributed by atoms with E-state index < -0.39 is 5.97 Å². The summed E-state index contributed by atoms with van der Waals surface area (Å²) in [5.74, 6) is -0.839. The highest BCUT2D eigenvalue weighted by atomic mass is 16.4. The Kier molecular flexibility index (Phi) is 3.10. The monoisotopic (exact) mass is 258 g/mol. The standard InChI is InChI=1S/C15H18N2O2/c1-15(2,3)10-6-4-9(5-7-10)12-8-11(14(18)19)13(16)17-12/h4-8,17H,16H2,1-3H3,(H,18,19). The number of benzene rings is 1. The smallest absolute Gasteiger partial charge is 0.339 e. The summed E-state index contributed by atoms with van der Waals surface area (Å²) in [6, 6.07) is 9.60. The van der Waals surface area contributed by atoms with Crippen LogP contribution in [0.25, 0.3) is 11.3 Å². The zero-order chi connectivity index (χ0) is 14.2. The molecule has 0 aliphatic heterocycles. The normalized spacial score (nSPS) is 11.5. The number of anilines is 1. The van der Waals surface area contributed by atoms with Crippen LogP contribution in [0.3, 0.4) is 0 Å². The number of aromatic amines is 1. The van der Waals surface area contributed by atoms with Gasteiger partial charge >= 0.3 is 5.97 Å². The molecule has 2 aromatic rings. The number of H-pyrrole nitrogens is 1. The maximum absolute atomic E-state index is 11.0. The van der Waals surface area contributed by atoms with Gasteiger partial charge in [0.15, 0.2) is 0 Å². The molecule has 1 aromatic heterocycles. The molecule has 0 aliphatic rings. The Morgan fingerprint density at radius 1 is 1.21 bits per heavy atom. The van der Waals surface area contributed by atoms with Gasteiger partial charge in [0.2, 0.25) is 0 Å². The van der Waals surface area contributed by atoms with Crippen molar-refractivity contribution in [2.45, 2.75) is 26.2 Å². The van der Waals surface area contributed by atoms with Crippen molar-refractivity contribution in [3.63, 3.8) is 0 Å². The zero-order valence-corrected chi connectivity index (χ0v) is 11.3. The van der Waals surface area contributed by atoms with Gasteiger partial charge < -0.3 is 15.8 Å². The minimum absolute atomic E-state index is 0.0967. The molecule has 4 nitrogen and oxygen atoms in total. The summed E-state index contributed by atoms with van der Waals surface area (Å²) in [5.41, 5.74) is 8.72. The molecular formula is C15H18N2O2. The lowest BCUT2D eigenvalue weighted by Gasteiger charge is -2.19. The molecule has 0 aliphatic carbocycles. The van der Waals surface area contributed by atoms with E-state index in [4.69, 9.17) is 10.8 Å². The molecule has 0 saturated heterocycles. The van der Waals surface area contributed by atoms with Crippen LogP contribution in [0.2, 0.25) is 0 Å². The summed E-state index contributed by atoms with van der Waals surface area (Å²) in [7, 11) is 0. The minimum Gasteiger partial charge on any atom is -0.478 e. The first-order valence-corrected chi connectivity index (χ1v) is 6.12. The van der Waals surface area contributed by atoms with Crippen molar-refractivity contribution >= 4 is 11.8 Å². The second-order valence-corrected chi connectivity index (χ2v) is 5.64. The fourth-order valence-corrected chi connectivity index (χ4v) is 1.95. The number of carbonyl (C=O) groups is 1. The van der Waals surface area contributed by atoms with Gasteiger partial charge in [-0.15, -0.1) is 0 Å². The van der Waals surface area contributed by atoms with Crippen LogP contribution < -0.4 is 5.73 Å². The van der Waals surface area contributed by atoms with E-state index in [0.717, 1.165) is 11.3 Å². The molecule has 1 aromatic carbocycles. The van der Waals surface area contributed by atoms with Crippen LogP contribution in [0.15, 0.2) is 30.3 Å². The molecule has 2 rings (SSSR count). The molecule has 0 fully saturated rings. The molecular weight excluding hydrogens is 240 g/mol. The highest BCUT2D eigenvalue weighted by Crippen LogP contribution is 2.27. The Labute approximate surface area is 112 Å². The summed E-state index contributed by atoms with van der Waals surface area (Å²) in [5, 5.41) is 8.98. The van der Waals surface area contributed by atoms with Gasteiger partial charge in [0.05, 0.1) is 0 Å². The van der Waals surface area contributed by atoms with E-state index in [1.165, 1.54) is 5.56 Å². The summed E-state index contributed by atoms with van der Waals surface area (Å²) in [6.45, 7) is 6.45. The SMILES string of the molecule is CC(C)(C)c1ccc(-c2cc(C(=O)O)c(N)[nH]2)cc1. The fourth-order valence-electron chi connectivity index (χ4n) is 1.95. The maximum Gasteiger partial charge on any atom is 0.339 e. The number of hydrogen-bond donors (Lipinski definition) is 3. The zero-order valence-electron chi connectivity index (χ0n) is 11.3. The van der Waals surface area contributed by atoms with Crippen LogP contribution in [0, 0.1) is 0 Å². The third-order valence-corrected chi connectivity index (χ3v) is 3.14. The van der Waals surface area contributed by atoms with Crippen molar-refractivity contribution in [1.29, 1.82) is 0 Å². The van der Waals surface area contributed by atoms with Crippen LogP contribution in [-0.2, 0) is 5.41 Å². The highest BCUT2D eigenvalue weighted by molar-refractivity contribution is 5.94. The first-order chi connectivity index (χ1) is 8.79. The van der Waals surface area contributed by atoms with Crippen LogP contribution in [-0.4, -0.2) is 16.1 Å². The summed E-state index contributed by atoms with van der Waals surface area (Å²) in [4.78, 5) is 13.8. The number of carboxylic acids is 1. The fraction of sp³-hybridized carbons (Fsp3) is 0.267. The molecule has 19 heavy (non-hydrogen) atoms. The van der Waals surface area contributed by atoms with E-state index in [-0.39, 0.29) is 16.8 Å². The second kappa shape index (κ2) is 4.46. The summed E-state index contributed by atoms with van der Waals surface area (Å²) < 4.78 is 0. The van der Waals surface area contributed by atoms with Gasteiger partial charge in [0.1, 0.15) is 11.4 Å². The van der Waals surface area contributed by atoms with E-state index in [9.17, 15) is 4.79 Å². The lowest BCUT2D eigenvalue weighted by atomic mass is 9.86. The van der Waals surface area contributed by atoms with Gasteiger partial charge in [0.25, 0.3) is 0 Å². The van der Waals surface area contributed by atoms with Crippen molar-refractivity contribution in [2.75, 3.05) is 5.73 Å². The van der Waals surface area contributed by atoms with E-state index in [0.29, 0.717) is 0 Å². The number of nitrogens with one attached hydrogen (secondary N) is 1. The minimum atomic E-state index is -1.02. The van der Waals surface area contributed by atoms with Crippen LogP contribution in [0.1, 0.15) is 36.7 Å². The van der Waals surface area contributed by atoms with Crippen molar-refractivity contribution in [3.8, 4) is 11.3 Å². The van der Waals surface area contributed by atoms with Crippen LogP contribution in [0.4, 0.5) is 5.82 Å². The third kappa shape index (κ3) is 2.62. The molecule has 0 spiro atoms. The first-order valence-electron chi connectivity index (χ1n) is 6.12. The van der Waals surface area contributed by atoms with Gasteiger partial charge in [-0.3, -0.25) is 0 Å². The van der Waals surface area contributed by atoms with E-state index in [1.807, 2.05) is 24.3 Å². The lowest BCUT2D eigenvalue weighted by molar-refractivity contribution is 0.0698. The molecule has 1 heterocycles. The predicted molar refractivity (Wildman–Crippen MR) is 76.3 cm³/mol. The number of nitrogen functional groups attached to an aromatic ring is 1. The summed E-state index contributed by atoms with van der Waals surface area (Å²) in [6.07, 6.45) is 0. The molecule has 0 atom stereocenters. The van der Waals surface area contributed by atoms with Crippen molar-refractivity contribution in [3.05, 3.63) is 41.5 Å². The Morgan fingerprint density at radius 2 is 1.79 bits per heavy atom. The molecule has 0 radical (unpaired) electrons. The van der Waals surface area contributed by atoms with Gasteiger partial charge in [-0.1, -0.05) is 45.0 Å². The maximum atomic E-state index is 11.0. The quantitative estimate of drug-likeness (QED) is 0.773. The Bertz CT molecular complexity index is 604. The summed E-state index contributed by atoms with van der Waals surface area (Å²) >= 11 is 0. The number of hydrogen-bond acceptors (Lipinski definition) is 2. The van der Waals surface area contributed by atoms with Gasteiger partial charge in [-0.05, 0) is 22.6 Å². The molecule has 0 saturated carbocycles. The number of carboxylic acid groups (broad SMARTS) is 1.